The van der Waals surface area contributed by atoms with Crippen molar-refractivity contribution >= 4 is 5.97 Å². The van der Waals surface area contributed by atoms with Crippen LogP contribution in [-0.4, -0.2) is 23.7 Å². The number of hydrogen-bond acceptors (Lipinski definition) is 4. The van der Waals surface area contributed by atoms with Gasteiger partial charge in [0.25, 0.3) is 0 Å². The van der Waals surface area contributed by atoms with Gasteiger partial charge in [-0.05, 0) is 19.9 Å². The smallest absolute Gasteiger partial charge is 0.307 e. The highest BCUT2D eigenvalue weighted by Gasteiger charge is 2.09. The van der Waals surface area contributed by atoms with E-state index in [9.17, 15) is 9.90 Å². The van der Waals surface area contributed by atoms with Crippen LogP contribution in [0.1, 0.15) is 25.8 Å². The van der Waals surface area contributed by atoms with Crippen LogP contribution in [-0.2, 0) is 16.1 Å². The average molecular weight is 237 g/mol. The van der Waals surface area contributed by atoms with Crippen molar-refractivity contribution in [2.45, 2.75) is 32.9 Å². The number of benzene rings is 1. The second-order valence-electron chi connectivity index (χ2n) is 3.92. The predicted molar refractivity (Wildman–Crippen MR) is 65.7 cm³/mol. The summed E-state index contributed by atoms with van der Waals surface area (Å²) in [6.07, 6.45) is 0.335. The number of carbonyl (C=O) groups is 1. The summed E-state index contributed by atoms with van der Waals surface area (Å²) in [6.45, 7) is 4.65. The maximum absolute atomic E-state index is 11.2. The summed E-state index contributed by atoms with van der Waals surface area (Å²) < 4.78 is 4.86. The number of aromatic hydroxyl groups is 1. The molecule has 2 N–H and O–H groups in total. The molecule has 0 aliphatic carbocycles. The summed E-state index contributed by atoms with van der Waals surface area (Å²) >= 11 is 0. The molecule has 0 aliphatic rings. The standard InChI is InChI=1S/C13H19NO3/c1-3-17-13(16)8-10(2)14-9-11-6-4-5-7-12(11)15/h4-7,10,14-15H,3,8-9H2,1-2H3. The second-order valence-corrected chi connectivity index (χ2v) is 3.92. The highest BCUT2D eigenvalue weighted by molar-refractivity contribution is 5.70. The molecule has 0 amide bonds. The van der Waals surface area contributed by atoms with Crippen molar-refractivity contribution in [2.24, 2.45) is 0 Å². The molecular formula is C13H19NO3. The largest absolute Gasteiger partial charge is 0.508 e. The van der Waals surface area contributed by atoms with E-state index in [0.29, 0.717) is 19.6 Å². The number of phenolic OH excluding ortho intramolecular Hbond substituents is 1. The van der Waals surface area contributed by atoms with Crippen LogP contribution in [0.3, 0.4) is 0 Å². The van der Waals surface area contributed by atoms with Gasteiger partial charge in [-0.2, -0.15) is 0 Å². The van der Waals surface area contributed by atoms with Gasteiger partial charge in [-0.1, -0.05) is 18.2 Å². The first-order valence-corrected chi connectivity index (χ1v) is 5.79. The molecule has 0 spiro atoms. The Morgan fingerprint density at radius 2 is 2.18 bits per heavy atom. The molecule has 4 heteroatoms. The van der Waals surface area contributed by atoms with Gasteiger partial charge in [0, 0.05) is 18.2 Å². The van der Waals surface area contributed by atoms with Gasteiger partial charge in [-0.3, -0.25) is 4.79 Å². The van der Waals surface area contributed by atoms with Crippen LogP contribution in [0, 0.1) is 0 Å². The fourth-order valence-electron chi connectivity index (χ4n) is 1.49. The van der Waals surface area contributed by atoms with Gasteiger partial charge in [0.15, 0.2) is 0 Å². The zero-order chi connectivity index (χ0) is 12.7. The Bertz CT molecular complexity index is 365. The molecule has 94 valence electrons. The number of phenols is 1. The highest BCUT2D eigenvalue weighted by atomic mass is 16.5. The third-order valence-corrected chi connectivity index (χ3v) is 2.41. The van der Waals surface area contributed by atoms with Gasteiger partial charge in [-0.15, -0.1) is 0 Å². The molecule has 1 rings (SSSR count). The maximum Gasteiger partial charge on any atom is 0.307 e. The van der Waals surface area contributed by atoms with Gasteiger partial charge in [-0.25, -0.2) is 0 Å². The van der Waals surface area contributed by atoms with Crippen LogP contribution in [0.5, 0.6) is 5.75 Å². The van der Waals surface area contributed by atoms with Crippen molar-refractivity contribution in [3.63, 3.8) is 0 Å². The monoisotopic (exact) mass is 237 g/mol. The van der Waals surface area contributed by atoms with E-state index in [-0.39, 0.29) is 17.8 Å². The quantitative estimate of drug-likeness (QED) is 0.741. The molecule has 0 fully saturated rings. The normalized spacial score (nSPS) is 12.1. The molecule has 0 radical (unpaired) electrons. The van der Waals surface area contributed by atoms with E-state index in [2.05, 4.69) is 5.32 Å². The lowest BCUT2D eigenvalue weighted by molar-refractivity contribution is -0.143. The van der Waals surface area contributed by atoms with E-state index in [0.717, 1.165) is 5.56 Å². The fourth-order valence-corrected chi connectivity index (χ4v) is 1.49. The lowest BCUT2D eigenvalue weighted by Gasteiger charge is -2.13. The van der Waals surface area contributed by atoms with Gasteiger partial charge < -0.3 is 15.2 Å². The minimum Gasteiger partial charge on any atom is -0.508 e. The first-order valence-electron chi connectivity index (χ1n) is 5.79. The van der Waals surface area contributed by atoms with Crippen LogP contribution in [0.2, 0.25) is 0 Å². The minimum atomic E-state index is -0.204. The van der Waals surface area contributed by atoms with Crippen molar-refractivity contribution < 1.29 is 14.6 Å². The highest BCUT2D eigenvalue weighted by Crippen LogP contribution is 2.15. The van der Waals surface area contributed by atoms with Gasteiger partial charge in [0.05, 0.1) is 13.0 Å². The van der Waals surface area contributed by atoms with Crippen molar-refractivity contribution in [1.29, 1.82) is 0 Å². The Kier molecular flexibility index (Phi) is 5.49. The molecule has 4 nitrogen and oxygen atoms in total. The third kappa shape index (κ3) is 4.87. The van der Waals surface area contributed by atoms with Crippen molar-refractivity contribution in [3.8, 4) is 5.75 Å². The molecule has 1 atom stereocenters. The second kappa shape index (κ2) is 6.91. The van der Waals surface area contributed by atoms with Crippen LogP contribution in [0.25, 0.3) is 0 Å². The third-order valence-electron chi connectivity index (χ3n) is 2.41. The predicted octanol–water partition coefficient (Wildman–Crippen LogP) is 1.82. The molecular weight excluding hydrogens is 218 g/mol. The number of hydrogen-bond donors (Lipinski definition) is 2. The van der Waals surface area contributed by atoms with Crippen LogP contribution >= 0.6 is 0 Å². The number of esters is 1. The number of rotatable bonds is 6. The summed E-state index contributed by atoms with van der Waals surface area (Å²) in [5.41, 5.74) is 0.822. The zero-order valence-electron chi connectivity index (χ0n) is 10.3. The summed E-state index contributed by atoms with van der Waals surface area (Å²) in [5, 5.41) is 12.7. The van der Waals surface area contributed by atoms with E-state index in [1.165, 1.54) is 0 Å². The van der Waals surface area contributed by atoms with E-state index in [1.54, 1.807) is 19.1 Å². The fraction of sp³-hybridized carbons (Fsp3) is 0.462. The van der Waals surface area contributed by atoms with Crippen LogP contribution in [0.4, 0.5) is 0 Å². The Balaban J connectivity index is 2.35. The first-order chi connectivity index (χ1) is 8.13. The van der Waals surface area contributed by atoms with Crippen molar-refractivity contribution in [1.82, 2.24) is 5.32 Å². The van der Waals surface area contributed by atoms with E-state index < -0.39 is 0 Å². The van der Waals surface area contributed by atoms with Crippen molar-refractivity contribution in [3.05, 3.63) is 29.8 Å². The minimum absolute atomic E-state index is 0.0219. The molecule has 1 aromatic rings. The van der Waals surface area contributed by atoms with Gasteiger partial charge in [0.1, 0.15) is 5.75 Å². The van der Waals surface area contributed by atoms with Gasteiger partial charge in [0.2, 0.25) is 0 Å². The number of para-hydroxylation sites is 1. The molecule has 1 unspecified atom stereocenters. The maximum atomic E-state index is 11.2. The number of carbonyl (C=O) groups excluding carboxylic acids is 1. The lowest BCUT2D eigenvalue weighted by Crippen LogP contribution is -2.28. The zero-order valence-corrected chi connectivity index (χ0v) is 10.3. The molecule has 0 aliphatic heterocycles. The molecule has 1 aromatic carbocycles. The molecule has 0 aromatic heterocycles. The molecule has 17 heavy (non-hydrogen) atoms. The van der Waals surface area contributed by atoms with E-state index in [1.807, 2.05) is 19.1 Å². The number of ether oxygens (including phenoxy) is 1. The molecule has 0 bridgehead atoms. The van der Waals surface area contributed by atoms with E-state index in [4.69, 9.17) is 4.74 Å². The molecule has 0 saturated carbocycles. The SMILES string of the molecule is CCOC(=O)CC(C)NCc1ccccc1O. The van der Waals surface area contributed by atoms with E-state index >= 15 is 0 Å². The average Bonchev–Trinajstić information content (AvgIpc) is 2.28. The van der Waals surface area contributed by atoms with Gasteiger partial charge >= 0.3 is 5.97 Å². The molecule has 0 saturated heterocycles. The van der Waals surface area contributed by atoms with Crippen molar-refractivity contribution in [2.75, 3.05) is 6.61 Å². The Labute approximate surface area is 102 Å². The van der Waals surface area contributed by atoms with Crippen LogP contribution in [0.15, 0.2) is 24.3 Å². The molecule has 0 heterocycles. The summed E-state index contributed by atoms with van der Waals surface area (Å²) in [4.78, 5) is 11.2. The summed E-state index contributed by atoms with van der Waals surface area (Å²) in [5.74, 6) is 0.0631. The topological polar surface area (TPSA) is 58.6 Å². The van der Waals surface area contributed by atoms with Crippen LogP contribution < -0.4 is 5.32 Å². The number of nitrogens with one attached hydrogen (secondary N) is 1. The summed E-state index contributed by atoms with van der Waals surface area (Å²) in [7, 11) is 0. The summed E-state index contributed by atoms with van der Waals surface area (Å²) in [6, 6.07) is 7.16. The Hall–Kier alpha value is -1.55. The lowest BCUT2D eigenvalue weighted by atomic mass is 10.1. The Morgan fingerprint density at radius 1 is 1.47 bits per heavy atom. The first kappa shape index (κ1) is 13.5. The Morgan fingerprint density at radius 3 is 2.82 bits per heavy atom.